The van der Waals surface area contributed by atoms with Gasteiger partial charge in [-0.05, 0) is 78.8 Å². The van der Waals surface area contributed by atoms with E-state index in [1.165, 1.54) is 37.7 Å². The van der Waals surface area contributed by atoms with Crippen molar-refractivity contribution in [3.05, 3.63) is 22.4 Å². The molecule has 1 aromatic heterocycles. The smallest absolute Gasteiger partial charge is 0.0110 e. The third-order valence-corrected chi connectivity index (χ3v) is 5.76. The topological polar surface area (TPSA) is 12.0 Å². The first-order valence-electron chi connectivity index (χ1n) is 7.59. The van der Waals surface area contributed by atoms with E-state index in [4.69, 9.17) is 0 Å². The molecule has 0 saturated heterocycles. The van der Waals surface area contributed by atoms with Gasteiger partial charge in [0, 0.05) is 6.04 Å². The van der Waals surface area contributed by atoms with E-state index in [9.17, 15) is 0 Å². The van der Waals surface area contributed by atoms with Gasteiger partial charge in [-0.3, -0.25) is 0 Å². The van der Waals surface area contributed by atoms with Gasteiger partial charge in [0.25, 0.3) is 0 Å². The Hall–Kier alpha value is -0.340. The lowest BCUT2D eigenvalue weighted by molar-refractivity contribution is 0.278. The average Bonchev–Trinajstić information content (AvgIpc) is 3.05. The molecule has 2 bridgehead atoms. The standard InChI is InChI=1S/C16H25NS/c1-2-17-16(9-13-5-6-18-11-13)10-15-8-12-3-4-14(15)7-12/h5-6,11-12,14-17H,2-4,7-10H2,1H3. The number of fused-ring (bicyclic) bond motifs is 2. The molecule has 4 unspecified atom stereocenters. The lowest BCUT2D eigenvalue weighted by Crippen LogP contribution is -2.34. The molecule has 1 nitrogen and oxygen atoms in total. The molecular weight excluding hydrogens is 238 g/mol. The van der Waals surface area contributed by atoms with Gasteiger partial charge in [-0.15, -0.1) is 0 Å². The van der Waals surface area contributed by atoms with Crippen molar-refractivity contribution in [3.8, 4) is 0 Å². The fraction of sp³-hybridized carbons (Fsp3) is 0.750. The van der Waals surface area contributed by atoms with Crippen LogP contribution >= 0.6 is 11.3 Å². The maximum Gasteiger partial charge on any atom is 0.0110 e. The molecule has 2 heteroatoms. The molecule has 1 heterocycles. The van der Waals surface area contributed by atoms with Gasteiger partial charge in [-0.2, -0.15) is 11.3 Å². The molecule has 0 radical (unpaired) electrons. The minimum atomic E-state index is 0.703. The van der Waals surface area contributed by atoms with Crippen LogP contribution in [0.15, 0.2) is 16.8 Å². The van der Waals surface area contributed by atoms with Crippen LogP contribution < -0.4 is 5.32 Å². The van der Waals surface area contributed by atoms with Gasteiger partial charge in [0.1, 0.15) is 0 Å². The zero-order chi connectivity index (χ0) is 12.4. The van der Waals surface area contributed by atoms with Gasteiger partial charge in [0.2, 0.25) is 0 Å². The van der Waals surface area contributed by atoms with Crippen LogP contribution in [0.3, 0.4) is 0 Å². The highest BCUT2D eigenvalue weighted by molar-refractivity contribution is 7.07. The van der Waals surface area contributed by atoms with Gasteiger partial charge < -0.3 is 5.32 Å². The van der Waals surface area contributed by atoms with E-state index in [-0.39, 0.29) is 0 Å². The second-order valence-electron chi connectivity index (χ2n) is 6.26. The lowest BCUT2D eigenvalue weighted by Gasteiger charge is -2.27. The van der Waals surface area contributed by atoms with Crippen LogP contribution in [-0.4, -0.2) is 12.6 Å². The van der Waals surface area contributed by atoms with Crippen molar-refractivity contribution >= 4 is 11.3 Å². The minimum absolute atomic E-state index is 0.703. The maximum absolute atomic E-state index is 3.71. The van der Waals surface area contributed by atoms with Gasteiger partial charge in [0.05, 0.1) is 0 Å². The molecule has 2 fully saturated rings. The fourth-order valence-electron chi connectivity index (χ4n) is 4.25. The number of likely N-dealkylation sites (N-methyl/N-ethyl adjacent to an activating group) is 1. The Morgan fingerprint density at radius 2 is 2.33 bits per heavy atom. The van der Waals surface area contributed by atoms with Crippen molar-refractivity contribution in [2.24, 2.45) is 17.8 Å². The first-order valence-corrected chi connectivity index (χ1v) is 8.54. The molecule has 18 heavy (non-hydrogen) atoms. The SMILES string of the molecule is CCNC(Cc1ccsc1)CC1CC2CCC1C2. The first-order chi connectivity index (χ1) is 8.85. The predicted octanol–water partition coefficient (Wildman–Crippen LogP) is 4.10. The van der Waals surface area contributed by atoms with E-state index in [1.54, 1.807) is 6.42 Å². The molecule has 3 rings (SSSR count). The summed E-state index contributed by atoms with van der Waals surface area (Å²) >= 11 is 1.83. The Balaban J connectivity index is 1.56. The Labute approximate surface area is 115 Å². The maximum atomic E-state index is 3.71. The lowest BCUT2D eigenvalue weighted by atomic mass is 9.83. The molecular formula is C16H25NS. The summed E-state index contributed by atoms with van der Waals surface area (Å²) in [6.45, 7) is 3.34. The van der Waals surface area contributed by atoms with Crippen LogP contribution in [0, 0.1) is 17.8 Å². The Morgan fingerprint density at radius 1 is 1.39 bits per heavy atom. The number of thiophene rings is 1. The molecule has 0 amide bonds. The third kappa shape index (κ3) is 2.80. The van der Waals surface area contributed by atoms with Crippen molar-refractivity contribution in [1.82, 2.24) is 5.32 Å². The Kier molecular flexibility index (Phi) is 4.05. The summed E-state index contributed by atoms with van der Waals surface area (Å²) in [6.07, 6.45) is 8.75. The number of rotatable bonds is 6. The largest absolute Gasteiger partial charge is 0.314 e. The molecule has 0 aliphatic heterocycles. The van der Waals surface area contributed by atoms with Gasteiger partial charge in [-0.25, -0.2) is 0 Å². The predicted molar refractivity (Wildman–Crippen MR) is 79.0 cm³/mol. The molecule has 1 aromatic rings. The molecule has 0 spiro atoms. The van der Waals surface area contributed by atoms with E-state index in [1.807, 2.05) is 11.3 Å². The van der Waals surface area contributed by atoms with Crippen LogP contribution in [0.25, 0.3) is 0 Å². The summed E-state index contributed by atoms with van der Waals surface area (Å²) < 4.78 is 0. The zero-order valence-electron chi connectivity index (χ0n) is 11.4. The second kappa shape index (κ2) is 5.75. The van der Waals surface area contributed by atoms with E-state index >= 15 is 0 Å². The molecule has 2 aliphatic rings. The summed E-state index contributed by atoms with van der Waals surface area (Å²) in [7, 11) is 0. The zero-order valence-corrected chi connectivity index (χ0v) is 12.2. The highest BCUT2D eigenvalue weighted by atomic mass is 32.1. The van der Waals surface area contributed by atoms with Crippen LogP contribution in [-0.2, 0) is 6.42 Å². The average molecular weight is 263 g/mol. The summed E-state index contributed by atoms with van der Waals surface area (Å²) in [5.41, 5.74) is 1.52. The van der Waals surface area contributed by atoms with Gasteiger partial charge in [0.15, 0.2) is 0 Å². The monoisotopic (exact) mass is 263 g/mol. The van der Waals surface area contributed by atoms with Crippen LogP contribution in [0.1, 0.15) is 44.6 Å². The summed E-state index contributed by atoms with van der Waals surface area (Å²) in [5.74, 6) is 3.17. The molecule has 0 aromatic carbocycles. The Bertz CT molecular complexity index is 359. The van der Waals surface area contributed by atoms with E-state index in [0.717, 1.165) is 24.3 Å². The van der Waals surface area contributed by atoms with Crippen molar-refractivity contribution in [2.45, 2.75) is 51.5 Å². The minimum Gasteiger partial charge on any atom is -0.314 e. The van der Waals surface area contributed by atoms with Crippen molar-refractivity contribution in [3.63, 3.8) is 0 Å². The second-order valence-corrected chi connectivity index (χ2v) is 7.04. The molecule has 2 saturated carbocycles. The third-order valence-electron chi connectivity index (χ3n) is 5.03. The van der Waals surface area contributed by atoms with Gasteiger partial charge in [-0.1, -0.05) is 13.3 Å². The van der Waals surface area contributed by atoms with Crippen LogP contribution in [0.4, 0.5) is 0 Å². The van der Waals surface area contributed by atoms with Crippen LogP contribution in [0.5, 0.6) is 0 Å². The number of hydrogen-bond acceptors (Lipinski definition) is 2. The quantitative estimate of drug-likeness (QED) is 0.815. The van der Waals surface area contributed by atoms with Crippen LogP contribution in [0.2, 0.25) is 0 Å². The summed E-state index contributed by atoms with van der Waals surface area (Å²) in [5, 5.41) is 8.23. The highest BCUT2D eigenvalue weighted by Crippen LogP contribution is 2.49. The van der Waals surface area contributed by atoms with Crippen molar-refractivity contribution in [2.75, 3.05) is 6.54 Å². The van der Waals surface area contributed by atoms with Crippen molar-refractivity contribution in [1.29, 1.82) is 0 Å². The molecule has 2 aliphatic carbocycles. The van der Waals surface area contributed by atoms with E-state index < -0.39 is 0 Å². The summed E-state index contributed by atoms with van der Waals surface area (Å²) in [6, 6.07) is 2.99. The van der Waals surface area contributed by atoms with E-state index in [0.29, 0.717) is 6.04 Å². The fourth-order valence-corrected chi connectivity index (χ4v) is 4.93. The molecule has 1 N–H and O–H groups in total. The molecule has 100 valence electrons. The van der Waals surface area contributed by atoms with Gasteiger partial charge >= 0.3 is 0 Å². The summed E-state index contributed by atoms with van der Waals surface area (Å²) in [4.78, 5) is 0. The highest BCUT2D eigenvalue weighted by Gasteiger charge is 2.39. The van der Waals surface area contributed by atoms with Crippen molar-refractivity contribution < 1.29 is 0 Å². The normalized spacial score (nSPS) is 31.9. The first kappa shape index (κ1) is 12.7. The Morgan fingerprint density at radius 3 is 2.94 bits per heavy atom. The number of hydrogen-bond donors (Lipinski definition) is 1. The molecule has 4 atom stereocenters. The van der Waals surface area contributed by atoms with E-state index in [2.05, 4.69) is 29.1 Å². The number of nitrogens with one attached hydrogen (secondary N) is 1.